The van der Waals surface area contributed by atoms with Crippen LogP contribution in [0.4, 0.5) is 0 Å². The van der Waals surface area contributed by atoms with Gasteiger partial charge in [0.15, 0.2) is 5.82 Å². The topological polar surface area (TPSA) is 61.0 Å². The Morgan fingerprint density at radius 3 is 2.38 bits per heavy atom. The molecule has 0 aromatic carbocycles. The summed E-state index contributed by atoms with van der Waals surface area (Å²) in [7, 11) is 0. The van der Waals surface area contributed by atoms with Gasteiger partial charge < -0.3 is 10.5 Å². The van der Waals surface area contributed by atoms with E-state index in [1.807, 2.05) is 27.0 Å². The molecule has 1 heterocycles. The molecule has 0 radical (unpaired) electrons. The average molecular weight is 291 g/mol. The smallest absolute Gasteiger partial charge is 0.160 e. The highest BCUT2D eigenvalue weighted by Gasteiger charge is 2.42. The Kier molecular flexibility index (Phi) is 4.69. The molecule has 4 heteroatoms. The molecule has 0 saturated heterocycles. The van der Waals surface area contributed by atoms with Gasteiger partial charge in [0.2, 0.25) is 0 Å². The van der Waals surface area contributed by atoms with E-state index in [1.165, 1.54) is 0 Å². The van der Waals surface area contributed by atoms with Crippen LogP contribution in [0.1, 0.15) is 76.5 Å². The summed E-state index contributed by atoms with van der Waals surface area (Å²) in [4.78, 5) is 9.35. The average Bonchev–Trinajstić information content (AvgIpc) is 2.41. The Labute approximate surface area is 128 Å². The van der Waals surface area contributed by atoms with Crippen LogP contribution in [0.2, 0.25) is 0 Å². The normalized spacial score (nSPS) is 22.0. The summed E-state index contributed by atoms with van der Waals surface area (Å²) in [6.07, 6.45) is 6.15. The lowest BCUT2D eigenvalue weighted by Gasteiger charge is -2.42. The Balaban J connectivity index is 2.33. The molecule has 2 N–H and O–H groups in total. The molecule has 21 heavy (non-hydrogen) atoms. The summed E-state index contributed by atoms with van der Waals surface area (Å²) < 4.78 is 6.15. The Bertz CT molecular complexity index is 487. The first-order chi connectivity index (χ1) is 9.80. The Morgan fingerprint density at radius 1 is 1.29 bits per heavy atom. The van der Waals surface area contributed by atoms with Crippen molar-refractivity contribution in [3.05, 3.63) is 23.3 Å². The largest absolute Gasteiger partial charge is 0.367 e. The molecule has 1 atom stereocenters. The zero-order valence-electron chi connectivity index (χ0n) is 14.1. The van der Waals surface area contributed by atoms with Crippen LogP contribution in [-0.4, -0.2) is 16.6 Å². The van der Waals surface area contributed by atoms with E-state index < -0.39 is 0 Å². The van der Waals surface area contributed by atoms with E-state index >= 15 is 0 Å². The molecular weight excluding hydrogens is 262 g/mol. The first-order valence-electron chi connectivity index (χ1n) is 8.03. The van der Waals surface area contributed by atoms with E-state index in [1.54, 1.807) is 0 Å². The molecule has 1 aliphatic carbocycles. The third kappa shape index (κ3) is 3.43. The van der Waals surface area contributed by atoms with Crippen molar-refractivity contribution in [2.75, 3.05) is 6.61 Å². The highest BCUT2D eigenvalue weighted by Crippen LogP contribution is 2.46. The maximum absolute atomic E-state index is 6.15. The van der Waals surface area contributed by atoms with Crippen molar-refractivity contribution >= 4 is 0 Å². The van der Waals surface area contributed by atoms with E-state index in [0.717, 1.165) is 42.8 Å². The van der Waals surface area contributed by atoms with Crippen molar-refractivity contribution in [2.45, 2.75) is 71.9 Å². The van der Waals surface area contributed by atoms with Gasteiger partial charge in [-0.05, 0) is 51.9 Å². The summed E-state index contributed by atoms with van der Waals surface area (Å²) in [5.41, 5.74) is 8.02. The Hall–Kier alpha value is -1.00. The lowest BCUT2D eigenvalue weighted by atomic mass is 9.70. The van der Waals surface area contributed by atoms with Crippen LogP contribution in [0, 0.1) is 12.3 Å². The second kappa shape index (κ2) is 6.01. The maximum atomic E-state index is 6.15. The van der Waals surface area contributed by atoms with Crippen molar-refractivity contribution in [2.24, 2.45) is 11.1 Å². The van der Waals surface area contributed by atoms with Gasteiger partial charge in [0.25, 0.3) is 0 Å². The molecule has 1 unspecified atom stereocenters. The van der Waals surface area contributed by atoms with Crippen molar-refractivity contribution in [3.63, 3.8) is 0 Å². The van der Waals surface area contributed by atoms with Crippen molar-refractivity contribution in [3.8, 4) is 0 Å². The predicted molar refractivity (Wildman–Crippen MR) is 84.9 cm³/mol. The first kappa shape index (κ1) is 16.4. The number of hydrogen-bond donors (Lipinski definition) is 1. The van der Waals surface area contributed by atoms with Crippen molar-refractivity contribution in [1.82, 2.24) is 9.97 Å². The van der Waals surface area contributed by atoms with Crippen LogP contribution >= 0.6 is 0 Å². The minimum atomic E-state index is -0.314. The summed E-state index contributed by atoms with van der Waals surface area (Å²) in [6.45, 7) is 11.4. The molecule has 1 saturated carbocycles. The van der Waals surface area contributed by atoms with Gasteiger partial charge in [-0.2, -0.15) is 0 Å². The summed E-state index contributed by atoms with van der Waals surface area (Å²) >= 11 is 0. The van der Waals surface area contributed by atoms with Gasteiger partial charge in [-0.3, -0.25) is 0 Å². The molecule has 0 aliphatic heterocycles. The Morgan fingerprint density at radius 2 is 1.90 bits per heavy atom. The van der Waals surface area contributed by atoms with Gasteiger partial charge >= 0.3 is 0 Å². The molecule has 118 valence electrons. The molecule has 1 aliphatic rings. The fourth-order valence-corrected chi connectivity index (χ4v) is 3.18. The number of nitrogens with two attached hydrogens (primary N) is 1. The number of rotatable bonds is 4. The lowest BCUT2D eigenvalue weighted by Crippen LogP contribution is -2.39. The second-order valence-corrected chi connectivity index (χ2v) is 7.11. The van der Waals surface area contributed by atoms with Crippen LogP contribution in [0.5, 0.6) is 0 Å². The van der Waals surface area contributed by atoms with Gasteiger partial charge in [0, 0.05) is 30.1 Å². The predicted octanol–water partition coefficient (Wildman–Crippen LogP) is 3.64. The van der Waals surface area contributed by atoms with Gasteiger partial charge in [-0.1, -0.05) is 13.8 Å². The summed E-state index contributed by atoms with van der Waals surface area (Å²) in [5.74, 6) is 0.835. The van der Waals surface area contributed by atoms with E-state index in [-0.39, 0.29) is 11.6 Å². The second-order valence-electron chi connectivity index (χ2n) is 7.11. The third-order valence-corrected chi connectivity index (χ3v) is 4.75. The van der Waals surface area contributed by atoms with Crippen molar-refractivity contribution < 1.29 is 4.74 Å². The number of nitrogens with zero attached hydrogens (tertiary/aromatic N) is 2. The standard InChI is InChI=1S/C17H29N3O/c1-6-21-17(9-7-16(4,5)8-10-17)15-19-11-14(12(2)18)13(3)20-15/h11-12H,6-10,18H2,1-5H3. The minimum absolute atomic E-state index is 0.0348. The maximum Gasteiger partial charge on any atom is 0.160 e. The van der Waals surface area contributed by atoms with Gasteiger partial charge in [-0.15, -0.1) is 0 Å². The number of aromatic nitrogens is 2. The number of aryl methyl sites for hydroxylation is 1. The zero-order valence-corrected chi connectivity index (χ0v) is 14.1. The van der Waals surface area contributed by atoms with Crippen LogP contribution in [-0.2, 0) is 10.3 Å². The molecule has 1 aromatic heterocycles. The molecule has 4 nitrogen and oxygen atoms in total. The zero-order chi connectivity index (χ0) is 15.7. The number of hydrogen-bond acceptors (Lipinski definition) is 4. The van der Waals surface area contributed by atoms with Crippen LogP contribution in [0.15, 0.2) is 6.20 Å². The molecule has 2 rings (SSSR count). The SMILES string of the molecule is CCOC1(c2ncc(C(C)N)c(C)n2)CCC(C)(C)CC1. The fraction of sp³-hybridized carbons (Fsp3) is 0.765. The summed E-state index contributed by atoms with van der Waals surface area (Å²) in [5, 5.41) is 0. The minimum Gasteiger partial charge on any atom is -0.367 e. The molecule has 1 aromatic rings. The molecule has 0 amide bonds. The van der Waals surface area contributed by atoms with E-state index in [2.05, 4.69) is 18.8 Å². The molecule has 0 bridgehead atoms. The number of ether oxygens (including phenoxy) is 1. The highest BCUT2D eigenvalue weighted by molar-refractivity contribution is 5.21. The van der Waals surface area contributed by atoms with E-state index in [0.29, 0.717) is 12.0 Å². The van der Waals surface area contributed by atoms with Crippen LogP contribution in [0.25, 0.3) is 0 Å². The highest BCUT2D eigenvalue weighted by atomic mass is 16.5. The lowest BCUT2D eigenvalue weighted by molar-refractivity contribution is -0.0949. The van der Waals surface area contributed by atoms with E-state index in [9.17, 15) is 0 Å². The quantitative estimate of drug-likeness (QED) is 0.920. The summed E-state index contributed by atoms with van der Waals surface area (Å²) in [6, 6.07) is -0.0348. The molecular formula is C17H29N3O. The monoisotopic (exact) mass is 291 g/mol. The molecule has 1 fully saturated rings. The van der Waals surface area contributed by atoms with E-state index in [4.69, 9.17) is 15.5 Å². The first-order valence-corrected chi connectivity index (χ1v) is 8.03. The van der Waals surface area contributed by atoms with Gasteiger partial charge in [0.1, 0.15) is 5.60 Å². The molecule has 0 spiro atoms. The van der Waals surface area contributed by atoms with Crippen molar-refractivity contribution in [1.29, 1.82) is 0 Å². The third-order valence-electron chi connectivity index (χ3n) is 4.75. The van der Waals surface area contributed by atoms with Gasteiger partial charge in [-0.25, -0.2) is 9.97 Å². The van der Waals surface area contributed by atoms with Crippen LogP contribution < -0.4 is 5.73 Å². The van der Waals surface area contributed by atoms with Gasteiger partial charge in [0.05, 0.1) is 0 Å². The van der Waals surface area contributed by atoms with Crippen LogP contribution in [0.3, 0.4) is 0 Å². The fourth-order valence-electron chi connectivity index (χ4n) is 3.18.